The zero-order chi connectivity index (χ0) is 29.0. The standard InChI is InChI=1S/C20H21OP.C16H19OP/c1-20(2,3)22(21,18-11-5-4-6-12-18)19-14-13-16-9-7-8-10-17(16)15-19;1-16(2,3)18(17,14-10-6-4-7-11-14)15-12-8-5-9-13-15/h4-15H,1-3H3;4-13H,1-3H3. The Morgan fingerprint density at radius 3 is 1.07 bits per heavy atom. The molecule has 1 unspecified atom stereocenters. The minimum Gasteiger partial charge on any atom is -0.313 e. The molecule has 0 saturated heterocycles. The van der Waals surface area contributed by atoms with Crippen LogP contribution in [0.5, 0.6) is 0 Å². The number of hydrogen-bond donors (Lipinski definition) is 0. The Morgan fingerprint density at radius 2 is 0.700 bits per heavy atom. The van der Waals surface area contributed by atoms with E-state index in [4.69, 9.17) is 0 Å². The van der Waals surface area contributed by atoms with Crippen LogP contribution in [-0.2, 0) is 9.13 Å². The molecule has 40 heavy (non-hydrogen) atoms. The molecule has 5 rings (SSSR count). The van der Waals surface area contributed by atoms with Gasteiger partial charge in [-0.3, -0.25) is 0 Å². The zero-order valence-electron chi connectivity index (χ0n) is 24.4. The molecule has 0 heterocycles. The molecule has 0 aliphatic heterocycles. The van der Waals surface area contributed by atoms with Gasteiger partial charge in [0.1, 0.15) is 14.3 Å². The maximum Gasteiger partial charge on any atom is 0.148 e. The predicted molar refractivity (Wildman–Crippen MR) is 177 cm³/mol. The summed E-state index contributed by atoms with van der Waals surface area (Å²) < 4.78 is 27.7. The van der Waals surface area contributed by atoms with Crippen LogP contribution < -0.4 is 21.2 Å². The summed E-state index contributed by atoms with van der Waals surface area (Å²) in [6, 6.07) is 43.9. The van der Waals surface area contributed by atoms with Gasteiger partial charge >= 0.3 is 0 Å². The van der Waals surface area contributed by atoms with Crippen molar-refractivity contribution in [3.8, 4) is 0 Å². The highest BCUT2D eigenvalue weighted by Crippen LogP contribution is 2.56. The predicted octanol–water partition coefficient (Wildman–Crippen LogP) is 8.75. The van der Waals surface area contributed by atoms with Crippen LogP contribution in [-0.4, -0.2) is 10.3 Å². The van der Waals surface area contributed by atoms with E-state index in [2.05, 4.69) is 45.0 Å². The Hall–Kier alpha value is -3.18. The van der Waals surface area contributed by atoms with Gasteiger partial charge in [0, 0.05) is 31.5 Å². The Morgan fingerprint density at radius 1 is 0.375 bits per heavy atom. The third kappa shape index (κ3) is 5.81. The van der Waals surface area contributed by atoms with Crippen molar-refractivity contribution < 1.29 is 9.13 Å². The molecule has 5 aromatic carbocycles. The Bertz CT molecular complexity index is 1600. The van der Waals surface area contributed by atoms with E-state index < -0.39 is 14.3 Å². The first kappa shape index (κ1) is 29.8. The van der Waals surface area contributed by atoms with E-state index in [-0.39, 0.29) is 10.3 Å². The molecular formula is C36H40O2P2. The third-order valence-corrected chi connectivity index (χ3v) is 15.2. The SMILES string of the molecule is CC(C)(C)P(=O)(c1ccccc1)c1ccc2ccccc2c1.CC(C)(C)P(=O)(c1ccccc1)c1ccccc1. The largest absolute Gasteiger partial charge is 0.313 e. The maximum absolute atomic E-state index is 14.1. The summed E-state index contributed by atoms with van der Waals surface area (Å²) in [6.07, 6.45) is 0. The number of hydrogen-bond acceptors (Lipinski definition) is 2. The topological polar surface area (TPSA) is 34.1 Å². The van der Waals surface area contributed by atoms with Crippen LogP contribution in [0.3, 0.4) is 0 Å². The molecule has 5 aromatic rings. The number of fused-ring (bicyclic) bond motifs is 1. The summed E-state index contributed by atoms with van der Waals surface area (Å²) >= 11 is 0. The van der Waals surface area contributed by atoms with Crippen molar-refractivity contribution >= 4 is 46.3 Å². The molecule has 0 N–H and O–H groups in total. The van der Waals surface area contributed by atoms with Crippen LogP contribution in [0.1, 0.15) is 41.5 Å². The van der Waals surface area contributed by atoms with Crippen molar-refractivity contribution in [1.82, 2.24) is 0 Å². The number of rotatable bonds is 4. The van der Waals surface area contributed by atoms with Gasteiger partial charge in [0.15, 0.2) is 0 Å². The fraction of sp³-hybridized carbons (Fsp3) is 0.222. The fourth-order valence-corrected chi connectivity index (χ4v) is 11.2. The van der Waals surface area contributed by atoms with E-state index in [0.29, 0.717) is 0 Å². The number of benzene rings is 5. The molecule has 0 radical (unpaired) electrons. The second kappa shape index (κ2) is 11.7. The van der Waals surface area contributed by atoms with Crippen molar-refractivity contribution in [3.05, 3.63) is 133 Å². The molecule has 0 aliphatic rings. The molecule has 4 heteroatoms. The van der Waals surface area contributed by atoms with Crippen molar-refractivity contribution in [2.24, 2.45) is 0 Å². The van der Waals surface area contributed by atoms with E-state index in [1.54, 1.807) is 0 Å². The van der Waals surface area contributed by atoms with Gasteiger partial charge in [0.05, 0.1) is 0 Å². The Kier molecular flexibility index (Phi) is 8.75. The van der Waals surface area contributed by atoms with E-state index in [0.717, 1.165) is 26.6 Å². The molecule has 2 nitrogen and oxygen atoms in total. The second-order valence-electron chi connectivity index (χ2n) is 12.1. The molecular weight excluding hydrogens is 526 g/mol. The third-order valence-electron chi connectivity index (χ3n) is 7.35. The van der Waals surface area contributed by atoms with Crippen LogP contribution in [0.15, 0.2) is 133 Å². The molecule has 0 aromatic heterocycles. The smallest absolute Gasteiger partial charge is 0.148 e. The van der Waals surface area contributed by atoms with Crippen LogP contribution in [0.4, 0.5) is 0 Å². The first-order valence-corrected chi connectivity index (χ1v) is 17.2. The average Bonchev–Trinajstić information content (AvgIpc) is 2.96. The van der Waals surface area contributed by atoms with Crippen LogP contribution >= 0.6 is 14.3 Å². The lowest BCUT2D eigenvalue weighted by Gasteiger charge is -2.32. The van der Waals surface area contributed by atoms with Gasteiger partial charge < -0.3 is 9.13 Å². The van der Waals surface area contributed by atoms with E-state index in [1.165, 1.54) is 5.39 Å². The van der Waals surface area contributed by atoms with Gasteiger partial charge in [-0.15, -0.1) is 0 Å². The van der Waals surface area contributed by atoms with E-state index in [1.807, 2.05) is 130 Å². The molecule has 0 spiro atoms. The van der Waals surface area contributed by atoms with Crippen molar-refractivity contribution in [1.29, 1.82) is 0 Å². The lowest BCUT2D eigenvalue weighted by Crippen LogP contribution is -2.30. The molecule has 1 atom stereocenters. The summed E-state index contributed by atoms with van der Waals surface area (Å²) in [4.78, 5) is 0. The van der Waals surface area contributed by atoms with E-state index >= 15 is 0 Å². The molecule has 0 bridgehead atoms. The first-order valence-electron chi connectivity index (χ1n) is 13.8. The zero-order valence-corrected chi connectivity index (χ0v) is 26.2. The monoisotopic (exact) mass is 566 g/mol. The highest BCUT2D eigenvalue weighted by atomic mass is 31.2. The summed E-state index contributed by atoms with van der Waals surface area (Å²) in [5, 5.41) is 5.45. The Balaban J connectivity index is 0.000000189. The summed E-state index contributed by atoms with van der Waals surface area (Å²) in [6.45, 7) is 12.3. The highest BCUT2D eigenvalue weighted by Gasteiger charge is 2.40. The molecule has 0 aliphatic carbocycles. The van der Waals surface area contributed by atoms with Crippen LogP contribution in [0.2, 0.25) is 0 Å². The van der Waals surface area contributed by atoms with Crippen LogP contribution in [0, 0.1) is 0 Å². The fourth-order valence-electron chi connectivity index (χ4n) is 5.13. The lowest BCUT2D eigenvalue weighted by molar-refractivity contribution is 0.563. The van der Waals surface area contributed by atoms with Gasteiger partial charge in [-0.25, -0.2) is 0 Å². The van der Waals surface area contributed by atoms with Crippen LogP contribution in [0.25, 0.3) is 10.8 Å². The van der Waals surface area contributed by atoms with Gasteiger partial charge in [0.2, 0.25) is 0 Å². The molecule has 206 valence electrons. The first-order chi connectivity index (χ1) is 18.9. The average molecular weight is 567 g/mol. The van der Waals surface area contributed by atoms with Crippen molar-refractivity contribution in [2.45, 2.75) is 51.9 Å². The van der Waals surface area contributed by atoms with E-state index in [9.17, 15) is 9.13 Å². The summed E-state index contributed by atoms with van der Waals surface area (Å²) in [5.74, 6) is 0. The minimum atomic E-state index is -2.71. The summed E-state index contributed by atoms with van der Waals surface area (Å²) in [5.41, 5.74) is 0. The highest BCUT2D eigenvalue weighted by molar-refractivity contribution is 7.80. The quantitative estimate of drug-likeness (QED) is 0.204. The van der Waals surface area contributed by atoms with Gasteiger partial charge in [-0.2, -0.15) is 0 Å². The van der Waals surface area contributed by atoms with Gasteiger partial charge in [0.25, 0.3) is 0 Å². The normalized spacial score (nSPS) is 13.7. The van der Waals surface area contributed by atoms with Crippen molar-refractivity contribution in [2.75, 3.05) is 0 Å². The molecule has 0 saturated carbocycles. The maximum atomic E-state index is 14.1. The molecule has 0 fully saturated rings. The molecule has 0 amide bonds. The second-order valence-corrected chi connectivity index (χ2v) is 19.3. The minimum absolute atomic E-state index is 0.282. The van der Waals surface area contributed by atoms with Gasteiger partial charge in [-0.05, 0) is 16.8 Å². The van der Waals surface area contributed by atoms with Crippen molar-refractivity contribution in [3.63, 3.8) is 0 Å². The summed E-state index contributed by atoms with van der Waals surface area (Å²) in [7, 11) is -5.32. The Labute approximate surface area is 240 Å². The lowest BCUT2D eigenvalue weighted by atomic mass is 10.1. The van der Waals surface area contributed by atoms with Gasteiger partial charge in [-0.1, -0.05) is 169 Å².